The maximum Gasteiger partial charge on any atom is 0.361 e. The van der Waals surface area contributed by atoms with Crippen molar-refractivity contribution in [1.29, 1.82) is 0 Å². The molecule has 0 saturated carbocycles. The van der Waals surface area contributed by atoms with E-state index in [4.69, 9.17) is 55.7 Å². The van der Waals surface area contributed by atoms with E-state index in [1.54, 1.807) is 37.3 Å². The van der Waals surface area contributed by atoms with Crippen LogP contribution < -0.4 is 16.2 Å². The highest BCUT2D eigenvalue weighted by molar-refractivity contribution is 6.42. The number of esters is 1. The first-order valence-corrected chi connectivity index (χ1v) is 20.3. The first kappa shape index (κ1) is 47.5. The minimum atomic E-state index is -1.37. The van der Waals surface area contributed by atoms with Crippen molar-refractivity contribution in [3.8, 4) is 5.75 Å². The number of aromatic nitrogens is 2. The first-order chi connectivity index (χ1) is 30.9. The average Bonchev–Trinajstić information content (AvgIpc) is 3.24. The number of benzene rings is 4. The Morgan fingerprint density at radius 1 is 0.708 bits per heavy atom. The number of pyridine rings is 2. The number of aromatic carboxylic acids is 1. The molecule has 0 aliphatic rings. The van der Waals surface area contributed by atoms with Gasteiger partial charge < -0.3 is 35.8 Å². The quantitative estimate of drug-likeness (QED) is 0.0476. The van der Waals surface area contributed by atoms with Gasteiger partial charge in [-0.1, -0.05) is 66.0 Å². The second-order valence-electron chi connectivity index (χ2n) is 14.3. The van der Waals surface area contributed by atoms with Crippen molar-refractivity contribution >= 4 is 69.9 Å². The molecule has 0 saturated heterocycles. The number of rotatable bonds is 16. The molecule has 65 heavy (non-hydrogen) atoms. The molecule has 0 radical (unpaired) electrons. The standard InChI is InChI=1S/C45H35Cl3F4N6O7/c1-2-36(58(43(60)27-13-30(51)16-31(52)14-27)20-24-10-34(53)40(44(61)62)55-18-24)32-6-4-8-37(39(32)48)64-22-65-45(63)41-35(54)9-23(17-56-41)19-57(21-25-5-3-7-33(46)38(25)47)42(59)26-11-28(49)15-29(50)12-26/h3-18,36H,2,19-22,53-54H2,1H3,(H,61,62)/t36-/m0/s1. The Bertz CT molecular complexity index is 2780. The van der Waals surface area contributed by atoms with E-state index in [0.717, 1.165) is 24.3 Å². The second-order valence-corrected chi connectivity index (χ2v) is 15.4. The Hall–Kier alpha value is -6.95. The molecular weight excluding hydrogens is 919 g/mol. The Morgan fingerprint density at radius 2 is 1.26 bits per heavy atom. The fraction of sp³-hybridized carbons (Fsp3) is 0.156. The van der Waals surface area contributed by atoms with Gasteiger partial charge in [-0.2, -0.15) is 0 Å². The number of anilines is 2. The summed E-state index contributed by atoms with van der Waals surface area (Å²) >= 11 is 19.4. The Labute approximate surface area is 383 Å². The van der Waals surface area contributed by atoms with Gasteiger partial charge in [-0.25, -0.2) is 37.1 Å². The number of carbonyl (C=O) groups excluding carboxylic acids is 3. The van der Waals surface area contributed by atoms with Crippen molar-refractivity contribution in [2.45, 2.75) is 39.0 Å². The topological polar surface area (TPSA) is 191 Å². The number of carboxylic acids is 1. The van der Waals surface area contributed by atoms with Crippen LogP contribution in [0.5, 0.6) is 5.75 Å². The van der Waals surface area contributed by atoms with E-state index < -0.39 is 65.6 Å². The van der Waals surface area contributed by atoms with Crippen molar-refractivity contribution in [2.24, 2.45) is 0 Å². The molecule has 0 unspecified atom stereocenters. The van der Waals surface area contributed by atoms with Crippen molar-refractivity contribution < 1.29 is 51.3 Å². The molecule has 0 fully saturated rings. The van der Waals surface area contributed by atoms with Crippen LogP contribution in [-0.4, -0.2) is 55.4 Å². The van der Waals surface area contributed by atoms with Gasteiger partial charge in [0.25, 0.3) is 11.8 Å². The zero-order valence-corrected chi connectivity index (χ0v) is 36.1. The molecule has 2 heterocycles. The molecule has 2 aromatic heterocycles. The molecule has 20 heteroatoms. The van der Waals surface area contributed by atoms with Crippen LogP contribution in [0.15, 0.2) is 97.3 Å². The molecule has 0 aliphatic heterocycles. The number of ether oxygens (including phenoxy) is 2. The highest BCUT2D eigenvalue weighted by Crippen LogP contribution is 2.38. The van der Waals surface area contributed by atoms with Gasteiger partial charge in [-0.05, 0) is 77.2 Å². The number of hydrogen-bond donors (Lipinski definition) is 3. The molecule has 0 spiro atoms. The molecule has 0 bridgehead atoms. The van der Waals surface area contributed by atoms with Crippen LogP contribution >= 0.6 is 34.8 Å². The molecule has 6 rings (SSSR count). The minimum Gasteiger partial charge on any atom is -0.476 e. The SMILES string of the molecule is CC[C@@H](c1cccc(OCOC(=O)c2ncc(CN(Cc3cccc(Cl)c3Cl)C(=O)c3cc(F)cc(F)c3)cc2N)c1Cl)N(Cc1cnc(C(=O)O)c(N)c1)C(=O)c1cc(F)cc(F)c1. The number of hydrogen-bond acceptors (Lipinski definition) is 10. The Kier molecular flexibility index (Phi) is 15.1. The van der Waals surface area contributed by atoms with E-state index in [1.165, 1.54) is 40.4 Å². The van der Waals surface area contributed by atoms with Gasteiger partial charge in [0.2, 0.25) is 6.79 Å². The summed E-state index contributed by atoms with van der Waals surface area (Å²) in [5.74, 6) is -7.86. The third-order valence-corrected chi connectivity index (χ3v) is 11.0. The van der Waals surface area contributed by atoms with E-state index in [0.29, 0.717) is 34.4 Å². The van der Waals surface area contributed by atoms with Crippen molar-refractivity contribution in [3.05, 3.63) is 180 Å². The van der Waals surface area contributed by atoms with Gasteiger partial charge in [0.05, 0.1) is 32.5 Å². The van der Waals surface area contributed by atoms with Crippen LogP contribution in [0.4, 0.5) is 28.9 Å². The van der Waals surface area contributed by atoms with Crippen molar-refractivity contribution in [2.75, 3.05) is 18.3 Å². The second kappa shape index (κ2) is 20.7. The lowest BCUT2D eigenvalue weighted by atomic mass is 10.00. The number of halogens is 7. The molecule has 5 N–H and O–H groups in total. The van der Waals surface area contributed by atoms with Crippen LogP contribution in [-0.2, 0) is 24.4 Å². The van der Waals surface area contributed by atoms with Crippen molar-refractivity contribution in [1.82, 2.24) is 19.8 Å². The number of nitrogens with zero attached hydrogens (tertiary/aromatic N) is 4. The Balaban J connectivity index is 1.19. The fourth-order valence-corrected chi connectivity index (χ4v) is 7.50. The number of nitrogen functional groups attached to an aromatic ring is 2. The van der Waals surface area contributed by atoms with Crippen molar-refractivity contribution in [3.63, 3.8) is 0 Å². The summed E-state index contributed by atoms with van der Waals surface area (Å²) in [5.41, 5.74) is 11.8. The molecule has 4 aromatic carbocycles. The summed E-state index contributed by atoms with van der Waals surface area (Å²) < 4.78 is 67.9. The van der Waals surface area contributed by atoms with Gasteiger partial charge in [-0.15, -0.1) is 0 Å². The summed E-state index contributed by atoms with van der Waals surface area (Å²) in [7, 11) is 0. The lowest BCUT2D eigenvalue weighted by Gasteiger charge is -2.33. The van der Waals surface area contributed by atoms with Gasteiger partial charge in [0.15, 0.2) is 11.4 Å². The molecule has 1 atom stereocenters. The first-order valence-electron chi connectivity index (χ1n) is 19.2. The summed E-state index contributed by atoms with van der Waals surface area (Å²) in [4.78, 5) is 62.9. The normalized spacial score (nSPS) is 11.4. The van der Waals surface area contributed by atoms with Crippen LogP contribution in [0.1, 0.15) is 83.3 Å². The van der Waals surface area contributed by atoms with Crippen LogP contribution in [0, 0.1) is 23.3 Å². The Morgan fingerprint density at radius 3 is 1.83 bits per heavy atom. The van der Waals surface area contributed by atoms with Crippen LogP contribution in [0.3, 0.4) is 0 Å². The maximum atomic E-state index is 14.3. The van der Waals surface area contributed by atoms with E-state index in [1.807, 2.05) is 0 Å². The largest absolute Gasteiger partial charge is 0.476 e. The zero-order valence-electron chi connectivity index (χ0n) is 33.8. The lowest BCUT2D eigenvalue weighted by molar-refractivity contribution is 0.0148. The van der Waals surface area contributed by atoms with Gasteiger partial charge >= 0.3 is 11.9 Å². The third kappa shape index (κ3) is 11.4. The molecule has 2 amide bonds. The van der Waals surface area contributed by atoms with E-state index in [-0.39, 0.29) is 75.1 Å². The predicted molar refractivity (Wildman–Crippen MR) is 232 cm³/mol. The van der Waals surface area contributed by atoms with Gasteiger partial charge in [0.1, 0.15) is 29.0 Å². The minimum absolute atomic E-state index is 0.00959. The maximum absolute atomic E-state index is 14.3. The van der Waals surface area contributed by atoms with E-state index in [9.17, 15) is 41.8 Å². The zero-order chi connectivity index (χ0) is 47.1. The summed E-state index contributed by atoms with van der Waals surface area (Å²) in [5, 5.41) is 9.76. The molecule has 336 valence electrons. The summed E-state index contributed by atoms with van der Waals surface area (Å²) in [6.45, 7) is 0.419. The monoisotopic (exact) mass is 952 g/mol. The number of amides is 2. The molecular formula is C45H35Cl3F4N6O7. The highest BCUT2D eigenvalue weighted by atomic mass is 35.5. The van der Waals surface area contributed by atoms with Crippen LogP contribution in [0.25, 0.3) is 0 Å². The van der Waals surface area contributed by atoms with E-state index in [2.05, 4.69) is 9.97 Å². The number of nitrogens with two attached hydrogens (primary N) is 2. The molecule has 0 aliphatic carbocycles. The molecule has 13 nitrogen and oxygen atoms in total. The predicted octanol–water partition coefficient (Wildman–Crippen LogP) is 9.69. The molecule has 6 aromatic rings. The number of carbonyl (C=O) groups is 4. The smallest absolute Gasteiger partial charge is 0.361 e. The number of carboxylic acid groups (broad SMARTS) is 1. The highest BCUT2D eigenvalue weighted by Gasteiger charge is 2.30. The average molecular weight is 954 g/mol. The van der Waals surface area contributed by atoms with Crippen LogP contribution in [0.2, 0.25) is 15.1 Å². The van der Waals surface area contributed by atoms with E-state index >= 15 is 0 Å². The summed E-state index contributed by atoms with van der Waals surface area (Å²) in [6.07, 6.45) is 2.65. The fourth-order valence-electron chi connectivity index (χ4n) is 6.82. The lowest BCUT2D eigenvalue weighted by Crippen LogP contribution is -2.35. The van der Waals surface area contributed by atoms with Gasteiger partial charge in [0, 0.05) is 55.3 Å². The third-order valence-electron chi connectivity index (χ3n) is 9.75. The summed E-state index contributed by atoms with van der Waals surface area (Å²) in [6, 6.07) is 15.9. The van der Waals surface area contributed by atoms with Gasteiger partial charge in [-0.3, -0.25) is 9.59 Å².